The van der Waals surface area contributed by atoms with Gasteiger partial charge in [-0.1, -0.05) is 0 Å². The third-order valence-corrected chi connectivity index (χ3v) is 1.54. The summed E-state index contributed by atoms with van der Waals surface area (Å²) >= 11 is 0. The first kappa shape index (κ1) is 8.59. The van der Waals surface area contributed by atoms with Crippen LogP contribution in [0.2, 0.25) is 0 Å². The molecule has 0 aromatic heterocycles. The minimum Gasteiger partial charge on any atom is -0.493 e. The van der Waals surface area contributed by atoms with Crippen LogP contribution < -0.4 is 9.47 Å². The fraction of sp³-hybridized carbons (Fsp3) is 0.222. The number of carbonyl (C=O) groups excluding carboxylic acids is 1. The summed E-state index contributed by atoms with van der Waals surface area (Å²) in [7, 11) is 3.09. The lowest BCUT2D eigenvalue weighted by Crippen LogP contribution is -1.91. The third-order valence-electron chi connectivity index (χ3n) is 1.54. The SMILES string of the molecule is CO[13c]1[13cH][13cH][13c]([13CH]=O)[13cH][13c]1OC. The molecule has 3 heteroatoms. The number of methoxy groups -OCH3 is 2. The lowest BCUT2D eigenvalue weighted by atomic mass is 11.2. The fourth-order valence-corrected chi connectivity index (χ4v) is 0.926. The van der Waals surface area contributed by atoms with Crippen molar-refractivity contribution in [3.05, 3.63) is 23.8 Å². The Bertz CT molecular complexity index is 281. The summed E-state index contributed by atoms with van der Waals surface area (Å²) < 4.78 is 9.99. The predicted molar refractivity (Wildman–Crippen MR) is 44.9 cm³/mol. The van der Waals surface area contributed by atoms with Crippen LogP contribution in [0.1, 0.15) is 10.4 Å². The molecule has 0 fully saturated rings. The van der Waals surface area contributed by atoms with Crippen molar-refractivity contribution in [2.24, 2.45) is 0 Å². The number of hydrogen-bond donors (Lipinski definition) is 0. The molecule has 0 N–H and O–H groups in total. The zero-order valence-electron chi connectivity index (χ0n) is 7.03. The van der Waals surface area contributed by atoms with E-state index in [0.29, 0.717) is 17.1 Å². The number of carbonyl (C=O) groups is 1. The van der Waals surface area contributed by atoms with E-state index in [1.165, 1.54) is 7.11 Å². The normalized spacial score (nSPS) is 9.17. The summed E-state index contributed by atoms with van der Waals surface area (Å²) in [5, 5.41) is 0. The van der Waals surface area contributed by atoms with Gasteiger partial charge in [0.1, 0.15) is 6.29 Å². The average molecular weight is 173 g/mol. The second kappa shape index (κ2) is 3.76. The zero-order chi connectivity index (χ0) is 8.97. The predicted octanol–water partition coefficient (Wildman–Crippen LogP) is 1.52. The Balaban J connectivity index is 3.10. The molecule has 0 saturated carbocycles. The highest BCUT2D eigenvalue weighted by Crippen LogP contribution is 2.26. The molecule has 1 aromatic rings. The van der Waals surface area contributed by atoms with Gasteiger partial charge in [-0.2, -0.15) is 0 Å². The number of ether oxygens (including phenoxy) is 2. The molecule has 1 aromatic carbocycles. The molecule has 0 atom stereocenters. The molecule has 1 rings (SSSR count). The monoisotopic (exact) mass is 173 g/mol. The average Bonchev–Trinajstić information content (AvgIpc) is 2.16. The van der Waals surface area contributed by atoms with E-state index in [-0.39, 0.29) is 0 Å². The van der Waals surface area contributed by atoms with E-state index in [0.717, 1.165) is 6.29 Å². The first-order chi connectivity index (χ1) is 5.81. The van der Waals surface area contributed by atoms with Crippen LogP contribution in [0.5, 0.6) is 11.5 Å². The largest absolute Gasteiger partial charge is 0.493 e. The second-order valence-corrected chi connectivity index (χ2v) is 2.23. The Morgan fingerprint density at radius 3 is 2.33 bits per heavy atom. The van der Waals surface area contributed by atoms with Crippen molar-refractivity contribution < 1.29 is 14.3 Å². The quantitative estimate of drug-likeness (QED) is 0.513. The van der Waals surface area contributed by atoms with Crippen molar-refractivity contribution in [2.75, 3.05) is 14.2 Å². The summed E-state index contributed by atoms with van der Waals surface area (Å²) in [5.74, 6) is 1.20. The molecule has 0 spiro atoms. The molecule has 0 aliphatic heterocycles. The molecule has 3 nitrogen and oxygen atoms in total. The standard InChI is InChI=1S/C9H10O3/c1-11-8-4-3-7(6-10)5-9(8)12-2/h3-6H,1-2H3/i3+1,4+1,5+1,6+1,7+1,8+1,9+1. The van der Waals surface area contributed by atoms with E-state index < -0.39 is 0 Å². The van der Waals surface area contributed by atoms with Crippen molar-refractivity contribution in [2.45, 2.75) is 0 Å². The lowest BCUT2D eigenvalue weighted by molar-refractivity contribution is 0.112. The van der Waals surface area contributed by atoms with Gasteiger partial charge in [-0.3, -0.25) is 4.79 Å². The van der Waals surface area contributed by atoms with Gasteiger partial charge < -0.3 is 9.47 Å². The molecule has 0 aliphatic rings. The fourth-order valence-electron chi connectivity index (χ4n) is 0.926. The number of hydrogen-bond acceptors (Lipinski definition) is 3. The molecule has 12 heavy (non-hydrogen) atoms. The van der Waals surface area contributed by atoms with Crippen molar-refractivity contribution >= 4 is 6.29 Å². The van der Waals surface area contributed by atoms with E-state index in [4.69, 9.17) is 9.47 Å². The first-order valence-electron chi connectivity index (χ1n) is 3.49. The molecular formula is C9H10O3. The van der Waals surface area contributed by atoms with Crippen LogP contribution in [-0.4, -0.2) is 20.5 Å². The molecule has 0 unspecified atom stereocenters. The minimum atomic E-state index is 0.571. The third kappa shape index (κ3) is 1.56. The van der Waals surface area contributed by atoms with Crippen LogP contribution in [0, 0.1) is 0 Å². The maximum absolute atomic E-state index is 10.4. The summed E-state index contributed by atoms with van der Waals surface area (Å²) in [6.07, 6.45) is 0.766. The Labute approximate surface area is 70.9 Å². The summed E-state index contributed by atoms with van der Waals surface area (Å²) in [6.45, 7) is 0. The minimum absolute atomic E-state index is 0.571. The highest BCUT2D eigenvalue weighted by molar-refractivity contribution is 5.76. The highest BCUT2D eigenvalue weighted by atomic mass is 16.6. The van der Waals surface area contributed by atoms with Crippen LogP contribution in [0.3, 0.4) is 0 Å². The molecule has 0 saturated heterocycles. The smallest absolute Gasteiger partial charge is 0.161 e. The van der Waals surface area contributed by atoms with E-state index >= 15 is 0 Å². The van der Waals surface area contributed by atoms with Crippen LogP contribution in [0.25, 0.3) is 0 Å². The van der Waals surface area contributed by atoms with Gasteiger partial charge in [0.05, 0.1) is 14.2 Å². The molecule has 64 valence electrons. The summed E-state index contributed by atoms with van der Waals surface area (Å²) in [5.41, 5.74) is 0.577. The number of benzene rings is 1. The van der Waals surface area contributed by atoms with Crippen LogP contribution >= 0.6 is 0 Å². The Kier molecular flexibility index (Phi) is 2.69. The van der Waals surface area contributed by atoms with E-state index in [1.54, 1.807) is 25.3 Å². The lowest BCUT2D eigenvalue weighted by Gasteiger charge is -2.06. The van der Waals surface area contributed by atoms with Gasteiger partial charge in [-0.15, -0.1) is 0 Å². The Morgan fingerprint density at radius 1 is 1.17 bits per heavy atom. The van der Waals surface area contributed by atoms with Gasteiger partial charge in [-0.25, -0.2) is 0 Å². The van der Waals surface area contributed by atoms with Gasteiger partial charge in [0.15, 0.2) is 11.5 Å². The maximum atomic E-state index is 10.4. The van der Waals surface area contributed by atoms with Crippen molar-refractivity contribution in [3.8, 4) is 11.5 Å². The molecule has 0 aliphatic carbocycles. The van der Waals surface area contributed by atoms with E-state index in [9.17, 15) is 4.79 Å². The highest BCUT2D eigenvalue weighted by Gasteiger charge is 2.02. The number of aldehydes is 1. The topological polar surface area (TPSA) is 35.5 Å². The molecular weight excluding hydrogens is 163 g/mol. The molecule has 0 amide bonds. The van der Waals surface area contributed by atoms with Gasteiger partial charge in [0.2, 0.25) is 0 Å². The van der Waals surface area contributed by atoms with Crippen molar-refractivity contribution in [3.63, 3.8) is 0 Å². The van der Waals surface area contributed by atoms with Gasteiger partial charge in [-0.05, 0) is 18.2 Å². The molecule has 0 bridgehead atoms. The van der Waals surface area contributed by atoms with Crippen LogP contribution in [0.4, 0.5) is 0 Å². The second-order valence-electron chi connectivity index (χ2n) is 2.23. The van der Waals surface area contributed by atoms with E-state index in [2.05, 4.69) is 0 Å². The molecule has 0 heterocycles. The Morgan fingerprint density at radius 2 is 1.83 bits per heavy atom. The summed E-state index contributed by atoms with van der Waals surface area (Å²) in [4.78, 5) is 10.4. The van der Waals surface area contributed by atoms with Gasteiger partial charge in [0.25, 0.3) is 0 Å². The van der Waals surface area contributed by atoms with Crippen LogP contribution in [-0.2, 0) is 0 Å². The zero-order valence-corrected chi connectivity index (χ0v) is 7.03. The van der Waals surface area contributed by atoms with Crippen molar-refractivity contribution in [1.29, 1.82) is 0 Å². The molecule has 0 radical (unpaired) electrons. The summed E-state index contributed by atoms with van der Waals surface area (Å²) in [6, 6.07) is 5.00. The Hall–Kier alpha value is -1.51. The van der Waals surface area contributed by atoms with Gasteiger partial charge >= 0.3 is 0 Å². The van der Waals surface area contributed by atoms with Crippen LogP contribution in [0.15, 0.2) is 18.2 Å². The number of rotatable bonds is 3. The first-order valence-corrected chi connectivity index (χ1v) is 3.49. The van der Waals surface area contributed by atoms with E-state index in [1.807, 2.05) is 0 Å². The van der Waals surface area contributed by atoms with Gasteiger partial charge in [0, 0.05) is 5.56 Å². The van der Waals surface area contributed by atoms with Crippen molar-refractivity contribution in [1.82, 2.24) is 0 Å². The maximum Gasteiger partial charge on any atom is 0.161 e.